The first kappa shape index (κ1) is 20.1. The lowest BCUT2D eigenvalue weighted by atomic mass is 10.1. The van der Waals surface area contributed by atoms with E-state index in [4.69, 9.17) is 4.74 Å². The number of ether oxygens (including phenoxy) is 1. The van der Waals surface area contributed by atoms with Crippen molar-refractivity contribution in [3.8, 4) is 11.8 Å². The lowest BCUT2D eigenvalue weighted by Gasteiger charge is -2.28. The van der Waals surface area contributed by atoms with Crippen LogP contribution in [0.4, 0.5) is 11.6 Å². The summed E-state index contributed by atoms with van der Waals surface area (Å²) >= 11 is 0. The molecule has 0 aliphatic carbocycles. The highest BCUT2D eigenvalue weighted by Crippen LogP contribution is 2.30. The Morgan fingerprint density at radius 2 is 1.87 bits per heavy atom. The molecule has 3 aromatic rings. The number of nitro benzene ring substituents is 1. The van der Waals surface area contributed by atoms with Crippen LogP contribution in [0.2, 0.25) is 0 Å². The van der Waals surface area contributed by atoms with E-state index in [2.05, 4.69) is 10.2 Å². The molecule has 10 nitrogen and oxygen atoms in total. The number of aliphatic hydroxyl groups is 1. The van der Waals surface area contributed by atoms with Crippen LogP contribution in [0.3, 0.4) is 0 Å². The summed E-state index contributed by atoms with van der Waals surface area (Å²) in [6.45, 7) is 2.29. The SMILES string of the molecule is N#CC(=C(O)c1cccc([N+](=O)[O-])c1)c1nnc(N2CCOCC2)n1-c1ccccc1. The number of hydrogen-bond donors (Lipinski definition) is 1. The zero-order chi connectivity index (χ0) is 21.8. The van der Waals surface area contributed by atoms with Crippen LogP contribution in [-0.4, -0.2) is 51.1 Å². The fourth-order valence-corrected chi connectivity index (χ4v) is 3.34. The second kappa shape index (κ2) is 8.64. The van der Waals surface area contributed by atoms with Gasteiger partial charge in [-0.1, -0.05) is 30.3 Å². The number of benzene rings is 2. The number of aromatic nitrogens is 3. The van der Waals surface area contributed by atoms with Crippen LogP contribution < -0.4 is 4.90 Å². The molecule has 1 fully saturated rings. The third kappa shape index (κ3) is 3.94. The van der Waals surface area contributed by atoms with E-state index in [-0.39, 0.29) is 22.6 Å². The first-order chi connectivity index (χ1) is 15.1. The second-order valence-corrected chi connectivity index (χ2v) is 6.74. The number of anilines is 1. The van der Waals surface area contributed by atoms with E-state index >= 15 is 0 Å². The molecule has 1 N–H and O–H groups in total. The average molecular weight is 418 g/mol. The number of nitrogens with zero attached hydrogens (tertiary/aromatic N) is 6. The molecule has 1 aliphatic rings. The molecule has 0 radical (unpaired) electrons. The van der Waals surface area contributed by atoms with Crippen molar-refractivity contribution in [3.05, 3.63) is 76.1 Å². The van der Waals surface area contributed by atoms with E-state index in [1.54, 1.807) is 4.57 Å². The molecule has 0 spiro atoms. The zero-order valence-electron chi connectivity index (χ0n) is 16.4. The molecular formula is C21H18N6O4. The molecule has 31 heavy (non-hydrogen) atoms. The summed E-state index contributed by atoms with van der Waals surface area (Å²) in [6.07, 6.45) is 0. The third-order valence-corrected chi connectivity index (χ3v) is 4.86. The third-order valence-electron chi connectivity index (χ3n) is 4.86. The number of aliphatic hydroxyl groups excluding tert-OH is 1. The molecule has 1 aliphatic heterocycles. The topological polar surface area (TPSA) is 130 Å². The normalized spacial score (nSPS) is 14.6. The van der Waals surface area contributed by atoms with E-state index in [9.17, 15) is 20.5 Å². The van der Waals surface area contributed by atoms with E-state index in [1.165, 1.54) is 24.3 Å². The number of allylic oxidation sites excluding steroid dienone is 1. The van der Waals surface area contributed by atoms with Crippen molar-refractivity contribution in [2.75, 3.05) is 31.2 Å². The summed E-state index contributed by atoms with van der Waals surface area (Å²) in [6, 6.07) is 16.7. The Bertz CT molecular complexity index is 1180. The van der Waals surface area contributed by atoms with Gasteiger partial charge in [0.05, 0.1) is 23.8 Å². The maximum absolute atomic E-state index is 11.1. The standard InChI is InChI=1S/C21H18N6O4/c22-14-18(19(28)15-5-4-8-17(13-15)27(29)30)20-23-24-21(25-9-11-31-12-10-25)26(20)16-6-2-1-3-7-16/h1-8,13,28H,9-12H2. The molecule has 0 unspecified atom stereocenters. The highest BCUT2D eigenvalue weighted by Gasteiger charge is 2.25. The van der Waals surface area contributed by atoms with E-state index in [0.717, 1.165) is 0 Å². The Labute approximate surface area is 177 Å². The Morgan fingerprint density at radius 3 is 2.55 bits per heavy atom. The smallest absolute Gasteiger partial charge is 0.270 e. The fraction of sp³-hybridized carbons (Fsp3) is 0.190. The number of rotatable bonds is 5. The predicted molar refractivity (Wildman–Crippen MR) is 113 cm³/mol. The van der Waals surface area contributed by atoms with Gasteiger partial charge in [-0.3, -0.25) is 14.7 Å². The van der Waals surface area contributed by atoms with Crippen molar-refractivity contribution in [2.24, 2.45) is 0 Å². The van der Waals surface area contributed by atoms with Crippen LogP contribution in [-0.2, 0) is 4.74 Å². The number of hydrogen-bond acceptors (Lipinski definition) is 8. The Kier molecular flexibility index (Phi) is 5.59. The van der Waals surface area contributed by atoms with Gasteiger partial charge in [-0.05, 0) is 12.1 Å². The average Bonchev–Trinajstić information content (AvgIpc) is 3.25. The van der Waals surface area contributed by atoms with Gasteiger partial charge in [0.15, 0.2) is 5.82 Å². The molecule has 1 saturated heterocycles. The molecule has 1 aromatic heterocycles. The number of nitriles is 1. The molecule has 2 heterocycles. The minimum Gasteiger partial charge on any atom is -0.506 e. The van der Waals surface area contributed by atoms with E-state index in [1.807, 2.05) is 41.3 Å². The van der Waals surface area contributed by atoms with Crippen molar-refractivity contribution in [1.82, 2.24) is 14.8 Å². The van der Waals surface area contributed by atoms with Crippen molar-refractivity contribution < 1.29 is 14.8 Å². The van der Waals surface area contributed by atoms with Crippen LogP contribution in [0.1, 0.15) is 11.4 Å². The molecule has 156 valence electrons. The van der Waals surface area contributed by atoms with Crippen LogP contribution in [0, 0.1) is 21.4 Å². The highest BCUT2D eigenvalue weighted by atomic mass is 16.6. The molecule has 4 rings (SSSR count). The molecule has 10 heteroatoms. The Hall–Kier alpha value is -4.23. The van der Waals surface area contributed by atoms with Gasteiger partial charge in [-0.15, -0.1) is 10.2 Å². The molecule has 0 atom stereocenters. The summed E-state index contributed by atoms with van der Waals surface area (Å²) in [4.78, 5) is 12.5. The van der Waals surface area contributed by atoms with Crippen LogP contribution in [0.25, 0.3) is 17.0 Å². The summed E-state index contributed by atoms with van der Waals surface area (Å²) in [7, 11) is 0. The first-order valence-electron chi connectivity index (χ1n) is 9.52. The van der Waals surface area contributed by atoms with Gasteiger partial charge >= 0.3 is 0 Å². The van der Waals surface area contributed by atoms with E-state index < -0.39 is 10.7 Å². The number of morpholine rings is 1. The van der Waals surface area contributed by atoms with Gasteiger partial charge < -0.3 is 14.7 Å². The Balaban J connectivity index is 1.89. The van der Waals surface area contributed by atoms with Gasteiger partial charge in [0, 0.05) is 30.8 Å². The molecule has 0 bridgehead atoms. The maximum atomic E-state index is 11.1. The molecule has 0 saturated carbocycles. The van der Waals surface area contributed by atoms with Gasteiger partial charge in [-0.25, -0.2) is 0 Å². The molecule has 2 aromatic carbocycles. The van der Waals surface area contributed by atoms with Crippen LogP contribution >= 0.6 is 0 Å². The maximum Gasteiger partial charge on any atom is 0.270 e. The largest absolute Gasteiger partial charge is 0.506 e. The fourth-order valence-electron chi connectivity index (χ4n) is 3.34. The van der Waals surface area contributed by atoms with Gasteiger partial charge in [-0.2, -0.15) is 5.26 Å². The summed E-state index contributed by atoms with van der Waals surface area (Å²) in [5, 5.41) is 40.3. The van der Waals surface area contributed by atoms with Crippen molar-refractivity contribution in [1.29, 1.82) is 5.26 Å². The van der Waals surface area contributed by atoms with Gasteiger partial charge in [0.1, 0.15) is 17.4 Å². The first-order valence-corrected chi connectivity index (χ1v) is 9.52. The zero-order valence-corrected chi connectivity index (χ0v) is 16.4. The van der Waals surface area contributed by atoms with Crippen LogP contribution in [0.15, 0.2) is 54.6 Å². The van der Waals surface area contributed by atoms with Gasteiger partial charge in [0.25, 0.3) is 5.69 Å². The van der Waals surface area contributed by atoms with Crippen LogP contribution in [0.5, 0.6) is 0 Å². The van der Waals surface area contributed by atoms with Gasteiger partial charge in [0.2, 0.25) is 5.95 Å². The van der Waals surface area contributed by atoms with E-state index in [0.29, 0.717) is 37.9 Å². The summed E-state index contributed by atoms with van der Waals surface area (Å²) in [5.74, 6) is 0.243. The highest BCUT2D eigenvalue weighted by molar-refractivity contribution is 5.93. The minimum absolute atomic E-state index is 0.138. The molecular weight excluding hydrogens is 400 g/mol. The number of para-hydroxylation sites is 1. The number of non-ortho nitro benzene ring substituents is 1. The van der Waals surface area contributed by atoms with Crippen molar-refractivity contribution in [2.45, 2.75) is 0 Å². The predicted octanol–water partition coefficient (Wildman–Crippen LogP) is 2.96. The van der Waals surface area contributed by atoms with Crippen molar-refractivity contribution in [3.63, 3.8) is 0 Å². The quantitative estimate of drug-likeness (QED) is 0.290. The van der Waals surface area contributed by atoms with Crippen molar-refractivity contribution >= 4 is 23.0 Å². The summed E-state index contributed by atoms with van der Waals surface area (Å²) < 4.78 is 7.10. The lowest BCUT2D eigenvalue weighted by molar-refractivity contribution is -0.384. The second-order valence-electron chi connectivity index (χ2n) is 6.74. The number of nitro groups is 1. The molecule has 0 amide bonds. The lowest BCUT2D eigenvalue weighted by Crippen LogP contribution is -2.38. The minimum atomic E-state index is -0.564. The summed E-state index contributed by atoms with van der Waals surface area (Å²) in [5.41, 5.74) is 0.515. The Morgan fingerprint density at radius 1 is 1.13 bits per heavy atom. The monoisotopic (exact) mass is 418 g/mol.